The van der Waals surface area contributed by atoms with Crippen molar-refractivity contribution in [1.29, 1.82) is 0 Å². The zero-order valence-corrected chi connectivity index (χ0v) is 43.7. The predicted octanol–water partition coefficient (Wildman–Crippen LogP) is 14.4. The molecule has 0 aliphatic carbocycles. The third-order valence-corrected chi connectivity index (χ3v) is 14.8. The maximum Gasteiger partial charge on any atom is 0.124 e. The highest BCUT2D eigenvalue weighted by molar-refractivity contribution is 5.48. The Labute approximate surface area is 444 Å². The van der Waals surface area contributed by atoms with Gasteiger partial charge in [-0.2, -0.15) is 0 Å². The Balaban J connectivity index is 1.09. The number of benzene rings is 9. The average Bonchev–Trinajstić information content (AvgIpc) is 3.40. The fourth-order valence-corrected chi connectivity index (χ4v) is 11.3. The second kappa shape index (κ2) is 23.6. The summed E-state index contributed by atoms with van der Waals surface area (Å²) in [6.45, 7) is 10.9. The van der Waals surface area contributed by atoms with Gasteiger partial charge in [0.05, 0.1) is 0 Å². The summed E-state index contributed by atoms with van der Waals surface area (Å²) in [5.74, 6) is 0.829. The van der Waals surface area contributed by atoms with Gasteiger partial charge in [-0.05, 0) is 90.1 Å². The largest absolute Gasteiger partial charge is 0.507 e. The molecule has 10 rings (SSSR count). The van der Waals surface area contributed by atoms with Crippen LogP contribution in [-0.2, 0) is 78.2 Å². The predicted molar refractivity (Wildman–Crippen MR) is 304 cm³/mol. The molecule has 9 aromatic carbocycles. The molecule has 0 atom stereocenters. The second-order valence-electron chi connectivity index (χ2n) is 21.0. The van der Waals surface area contributed by atoms with Crippen molar-refractivity contribution in [3.8, 4) is 17.2 Å². The first-order valence-electron chi connectivity index (χ1n) is 26.5. The van der Waals surface area contributed by atoms with E-state index in [-0.39, 0.29) is 17.2 Å². The van der Waals surface area contributed by atoms with Gasteiger partial charge in [0, 0.05) is 92.3 Å². The van der Waals surface area contributed by atoms with Crippen molar-refractivity contribution in [2.75, 3.05) is 0 Å². The van der Waals surface area contributed by atoms with Crippen LogP contribution < -0.4 is 0 Å². The number of hydrogen-bond donors (Lipinski definition) is 3. The van der Waals surface area contributed by atoms with E-state index in [1.54, 1.807) is 0 Å². The van der Waals surface area contributed by atoms with Crippen molar-refractivity contribution in [2.24, 2.45) is 0 Å². The molecule has 0 amide bonds. The van der Waals surface area contributed by atoms with E-state index < -0.39 is 0 Å². The highest BCUT2D eigenvalue weighted by Gasteiger charge is 2.24. The highest BCUT2D eigenvalue weighted by atomic mass is 16.3. The number of phenolic OH excluding ortho intramolecular Hbond substituents is 3. The summed E-state index contributed by atoms with van der Waals surface area (Å²) in [6, 6.07) is 70.6. The molecule has 1 aliphatic heterocycles. The van der Waals surface area contributed by atoms with E-state index in [9.17, 15) is 15.3 Å². The van der Waals surface area contributed by atoms with Gasteiger partial charge in [-0.3, -0.25) is 14.7 Å². The Hall–Kier alpha value is -7.74. The van der Waals surface area contributed by atoms with E-state index in [0.717, 1.165) is 69.3 Å². The Morgan fingerprint density at radius 2 is 0.480 bits per heavy atom. The summed E-state index contributed by atoms with van der Waals surface area (Å²) in [4.78, 5) is 7.14. The van der Waals surface area contributed by atoms with Gasteiger partial charge in [-0.15, -0.1) is 0 Å². The standard InChI is InChI=1S/C69H69N3O3/c1-49-31-61-43-70(40-58-28-16-13-25-55(58)37-52-19-7-4-8-20-52)45-63-33-50(2)35-65(68(63)74)47-72(42-60-30-18-15-27-57(60)39-54-23-11-6-12-24-54)48-66-36-51(3)34-64(69(66)75)46-71(44-62(32-49)67(61)73)41-59-29-17-14-26-56(59)38-53-21-9-5-10-22-53/h4-36,73-75H,37-48H2,1-3H3. The van der Waals surface area contributed by atoms with Crippen LogP contribution >= 0.6 is 0 Å². The molecule has 378 valence electrons. The highest BCUT2D eigenvalue weighted by Crippen LogP contribution is 2.36. The van der Waals surface area contributed by atoms with Crippen molar-refractivity contribution in [2.45, 2.75) is 98.9 Å². The van der Waals surface area contributed by atoms with Crippen molar-refractivity contribution in [3.63, 3.8) is 0 Å². The zero-order chi connectivity index (χ0) is 51.7. The van der Waals surface area contributed by atoms with Crippen LogP contribution in [0.15, 0.2) is 200 Å². The maximum absolute atomic E-state index is 12.6. The SMILES string of the molecule is Cc1cc2c(O)c(c1)CN(Cc1ccccc1Cc1ccccc1)Cc1cc(C)cc(c1O)CN(Cc1ccccc1Cc1ccccc1)Cc1cc(C)cc(c1O)CN(Cc1ccccc1Cc1ccccc1)C2. The molecule has 0 spiro atoms. The first-order chi connectivity index (χ1) is 36.6. The van der Waals surface area contributed by atoms with E-state index in [0.29, 0.717) is 58.9 Å². The van der Waals surface area contributed by atoms with Crippen LogP contribution in [0.2, 0.25) is 0 Å². The monoisotopic (exact) mass is 988 g/mol. The lowest BCUT2D eigenvalue weighted by atomic mass is 9.97. The molecule has 0 saturated heterocycles. The average molecular weight is 988 g/mol. The van der Waals surface area contributed by atoms with E-state index >= 15 is 0 Å². The molecular weight excluding hydrogens is 919 g/mol. The molecule has 0 unspecified atom stereocenters. The first-order valence-corrected chi connectivity index (χ1v) is 26.5. The fourth-order valence-electron chi connectivity index (χ4n) is 11.3. The summed E-state index contributed by atoms with van der Waals surface area (Å²) >= 11 is 0. The van der Waals surface area contributed by atoms with Crippen molar-refractivity contribution < 1.29 is 15.3 Å². The molecule has 6 bridgehead atoms. The van der Waals surface area contributed by atoms with Crippen LogP contribution in [0.25, 0.3) is 0 Å². The van der Waals surface area contributed by atoms with E-state index in [2.05, 4.69) is 236 Å². The molecule has 3 N–H and O–H groups in total. The summed E-state index contributed by atoms with van der Waals surface area (Å²) < 4.78 is 0. The Bertz CT molecular complexity index is 2930. The topological polar surface area (TPSA) is 70.4 Å². The van der Waals surface area contributed by atoms with Gasteiger partial charge in [0.1, 0.15) is 17.2 Å². The van der Waals surface area contributed by atoms with Crippen LogP contribution in [-0.4, -0.2) is 30.0 Å². The first kappa shape index (κ1) is 50.8. The smallest absolute Gasteiger partial charge is 0.124 e. The van der Waals surface area contributed by atoms with Crippen molar-refractivity contribution in [3.05, 3.63) is 300 Å². The molecule has 0 radical (unpaired) electrons. The van der Waals surface area contributed by atoms with Gasteiger partial charge < -0.3 is 15.3 Å². The van der Waals surface area contributed by atoms with Crippen LogP contribution in [0.5, 0.6) is 17.2 Å². The Kier molecular flexibility index (Phi) is 16.0. The summed E-state index contributed by atoms with van der Waals surface area (Å²) in [5, 5.41) is 37.8. The zero-order valence-electron chi connectivity index (χ0n) is 43.7. The van der Waals surface area contributed by atoms with Gasteiger partial charge in [-0.1, -0.05) is 217 Å². The number of phenols is 3. The maximum atomic E-state index is 12.6. The quantitative estimate of drug-likeness (QED) is 0.113. The molecule has 6 nitrogen and oxygen atoms in total. The van der Waals surface area contributed by atoms with Crippen molar-refractivity contribution in [1.82, 2.24) is 14.7 Å². The molecule has 0 fully saturated rings. The van der Waals surface area contributed by atoms with Crippen molar-refractivity contribution >= 4 is 0 Å². The van der Waals surface area contributed by atoms with E-state index in [4.69, 9.17) is 0 Å². The number of aromatic hydroxyl groups is 3. The van der Waals surface area contributed by atoms with E-state index in [1.165, 1.54) is 50.1 Å². The van der Waals surface area contributed by atoms with Crippen LogP contribution in [0, 0.1) is 20.8 Å². The molecule has 1 aliphatic rings. The van der Waals surface area contributed by atoms with E-state index in [1.807, 2.05) is 0 Å². The molecule has 9 aromatic rings. The number of aryl methyl sites for hydroxylation is 3. The number of hydrogen-bond acceptors (Lipinski definition) is 6. The van der Waals surface area contributed by atoms with Crippen LogP contribution in [0.3, 0.4) is 0 Å². The van der Waals surface area contributed by atoms with Gasteiger partial charge in [0.2, 0.25) is 0 Å². The van der Waals surface area contributed by atoms with Gasteiger partial charge in [0.15, 0.2) is 0 Å². The van der Waals surface area contributed by atoms with Crippen LogP contribution in [0.1, 0.15) is 100 Å². The molecule has 6 heteroatoms. The lowest BCUT2D eigenvalue weighted by molar-refractivity contribution is 0.226. The molecule has 0 saturated carbocycles. The molecule has 75 heavy (non-hydrogen) atoms. The molecule has 1 heterocycles. The lowest BCUT2D eigenvalue weighted by Crippen LogP contribution is -2.26. The molecule has 0 aromatic heterocycles. The number of nitrogens with zero attached hydrogens (tertiary/aromatic N) is 3. The Morgan fingerprint density at radius 1 is 0.280 bits per heavy atom. The summed E-state index contributed by atoms with van der Waals surface area (Å²) in [6.07, 6.45) is 2.41. The van der Waals surface area contributed by atoms with Gasteiger partial charge in [-0.25, -0.2) is 0 Å². The second-order valence-corrected chi connectivity index (χ2v) is 21.0. The number of fused-ring (bicyclic) bond motifs is 6. The summed E-state index contributed by atoms with van der Waals surface area (Å²) in [5.41, 5.74) is 19.3. The lowest BCUT2D eigenvalue weighted by Gasteiger charge is -2.30. The molecular formula is C69H69N3O3. The third-order valence-electron chi connectivity index (χ3n) is 14.8. The minimum atomic E-state index is 0.276. The summed E-state index contributed by atoms with van der Waals surface area (Å²) in [7, 11) is 0. The van der Waals surface area contributed by atoms with Gasteiger partial charge >= 0.3 is 0 Å². The van der Waals surface area contributed by atoms with Gasteiger partial charge in [0.25, 0.3) is 0 Å². The fraction of sp³-hybridized carbons (Fsp3) is 0.217. The Morgan fingerprint density at radius 3 is 0.707 bits per heavy atom. The number of rotatable bonds is 12. The normalized spacial score (nSPS) is 13.8. The third kappa shape index (κ3) is 13.0. The minimum Gasteiger partial charge on any atom is -0.507 e. The van der Waals surface area contributed by atoms with Crippen LogP contribution in [0.4, 0.5) is 0 Å². The minimum absolute atomic E-state index is 0.276.